The second-order valence-electron chi connectivity index (χ2n) is 3.85. The van der Waals surface area contributed by atoms with Gasteiger partial charge in [0.1, 0.15) is 0 Å². The van der Waals surface area contributed by atoms with E-state index in [0.29, 0.717) is 30.2 Å². The second-order valence-corrected chi connectivity index (χ2v) is 6.41. The molecular formula is C13H5Cl3O2S. The van der Waals surface area contributed by atoms with E-state index in [1.54, 1.807) is 30.3 Å². The third-order valence-electron chi connectivity index (χ3n) is 2.56. The summed E-state index contributed by atoms with van der Waals surface area (Å²) >= 11 is 18.9. The fraction of sp³-hybridized carbons (Fsp3) is 0. The zero-order valence-electron chi connectivity index (χ0n) is 9.25. The first-order chi connectivity index (χ1) is 9.04. The molecule has 0 atom stereocenters. The van der Waals surface area contributed by atoms with Gasteiger partial charge in [-0.2, -0.15) is 0 Å². The zero-order chi connectivity index (χ0) is 13.6. The number of rotatable bonds is 2. The first-order valence-corrected chi connectivity index (χ1v) is 7.18. The minimum absolute atomic E-state index is 0.220. The lowest BCUT2D eigenvalue weighted by atomic mass is 10.2. The Morgan fingerprint density at radius 2 is 1.89 bits per heavy atom. The van der Waals surface area contributed by atoms with Crippen molar-refractivity contribution in [2.24, 2.45) is 0 Å². The van der Waals surface area contributed by atoms with Crippen LogP contribution in [0.15, 0.2) is 34.7 Å². The summed E-state index contributed by atoms with van der Waals surface area (Å²) in [5.41, 5.74) is 0.456. The molecule has 0 spiro atoms. The SMILES string of the molecule is O=C(c1cc2cc(Cl)cc(Cl)c2o1)c1ccc(Cl)s1. The predicted molar refractivity (Wildman–Crippen MR) is 79.0 cm³/mol. The van der Waals surface area contributed by atoms with Gasteiger partial charge in [0.05, 0.1) is 14.2 Å². The number of fused-ring (bicyclic) bond motifs is 1. The third-order valence-corrected chi connectivity index (χ3v) is 4.29. The summed E-state index contributed by atoms with van der Waals surface area (Å²) in [7, 11) is 0. The molecule has 0 aliphatic heterocycles. The van der Waals surface area contributed by atoms with Crippen LogP contribution in [0.3, 0.4) is 0 Å². The van der Waals surface area contributed by atoms with E-state index in [1.165, 1.54) is 11.3 Å². The number of hydrogen-bond donors (Lipinski definition) is 0. The van der Waals surface area contributed by atoms with Gasteiger partial charge in [-0.25, -0.2) is 0 Å². The Morgan fingerprint density at radius 1 is 1.11 bits per heavy atom. The van der Waals surface area contributed by atoms with Crippen LogP contribution in [-0.4, -0.2) is 5.78 Å². The van der Waals surface area contributed by atoms with Crippen molar-refractivity contribution in [2.75, 3.05) is 0 Å². The van der Waals surface area contributed by atoms with Crippen LogP contribution >= 0.6 is 46.1 Å². The molecular weight excluding hydrogens is 327 g/mol. The van der Waals surface area contributed by atoms with Crippen molar-refractivity contribution in [3.05, 3.63) is 55.4 Å². The maximum absolute atomic E-state index is 12.2. The van der Waals surface area contributed by atoms with E-state index in [2.05, 4.69) is 0 Å². The van der Waals surface area contributed by atoms with E-state index in [9.17, 15) is 4.79 Å². The van der Waals surface area contributed by atoms with E-state index in [4.69, 9.17) is 39.2 Å². The van der Waals surface area contributed by atoms with Crippen molar-refractivity contribution in [2.45, 2.75) is 0 Å². The largest absolute Gasteiger partial charge is 0.451 e. The topological polar surface area (TPSA) is 30.2 Å². The molecule has 96 valence electrons. The van der Waals surface area contributed by atoms with Crippen molar-refractivity contribution in [1.29, 1.82) is 0 Å². The molecule has 19 heavy (non-hydrogen) atoms. The lowest BCUT2D eigenvalue weighted by molar-refractivity contribution is 0.101. The summed E-state index contributed by atoms with van der Waals surface area (Å²) in [5, 5.41) is 1.57. The fourth-order valence-electron chi connectivity index (χ4n) is 1.75. The molecule has 0 radical (unpaired) electrons. The summed E-state index contributed by atoms with van der Waals surface area (Å²) in [4.78, 5) is 12.7. The summed E-state index contributed by atoms with van der Waals surface area (Å²) in [5.74, 6) is -0.00188. The number of carbonyl (C=O) groups excluding carboxylic acids is 1. The molecule has 0 bridgehead atoms. The Hall–Kier alpha value is -1.000. The Kier molecular flexibility index (Phi) is 3.31. The summed E-state index contributed by atoms with van der Waals surface area (Å²) in [6.07, 6.45) is 0. The Labute approximate surface area is 127 Å². The number of hydrogen-bond acceptors (Lipinski definition) is 3. The minimum Gasteiger partial charge on any atom is -0.451 e. The molecule has 0 fully saturated rings. The number of thiophene rings is 1. The number of halogens is 3. The Morgan fingerprint density at radius 3 is 2.58 bits per heavy atom. The smallest absolute Gasteiger partial charge is 0.238 e. The van der Waals surface area contributed by atoms with Gasteiger partial charge in [-0.15, -0.1) is 11.3 Å². The number of carbonyl (C=O) groups is 1. The molecule has 3 rings (SSSR count). The Bertz CT molecular complexity index is 788. The second kappa shape index (κ2) is 4.84. The maximum Gasteiger partial charge on any atom is 0.238 e. The summed E-state index contributed by atoms with van der Waals surface area (Å²) in [6.45, 7) is 0. The first kappa shape index (κ1) is 13.0. The van der Waals surface area contributed by atoms with Crippen LogP contribution in [0.1, 0.15) is 15.4 Å². The molecule has 2 nitrogen and oxygen atoms in total. The van der Waals surface area contributed by atoms with Crippen molar-refractivity contribution in [1.82, 2.24) is 0 Å². The third kappa shape index (κ3) is 2.39. The van der Waals surface area contributed by atoms with Gasteiger partial charge in [0, 0.05) is 10.4 Å². The first-order valence-electron chi connectivity index (χ1n) is 5.23. The molecule has 2 heterocycles. The molecule has 6 heteroatoms. The van der Waals surface area contributed by atoms with Crippen LogP contribution in [0.2, 0.25) is 14.4 Å². The fourth-order valence-corrected chi connectivity index (χ4v) is 3.28. The molecule has 3 aromatic rings. The molecule has 0 aliphatic rings. The quantitative estimate of drug-likeness (QED) is 0.565. The van der Waals surface area contributed by atoms with Gasteiger partial charge in [0.25, 0.3) is 0 Å². The van der Waals surface area contributed by atoms with E-state index < -0.39 is 0 Å². The standard InChI is InChI=1S/C13H5Cl3O2S/c14-7-3-6-4-9(18-13(6)8(15)5-7)12(17)10-1-2-11(16)19-10/h1-5H. The van der Waals surface area contributed by atoms with E-state index >= 15 is 0 Å². The highest BCUT2D eigenvalue weighted by Gasteiger charge is 2.18. The minimum atomic E-state index is -0.222. The van der Waals surface area contributed by atoms with E-state index in [0.717, 1.165) is 0 Å². The molecule has 0 unspecified atom stereocenters. The van der Waals surface area contributed by atoms with Crippen LogP contribution in [0.25, 0.3) is 11.0 Å². The average Bonchev–Trinajstić information content (AvgIpc) is 2.94. The van der Waals surface area contributed by atoms with Gasteiger partial charge in [-0.1, -0.05) is 34.8 Å². The van der Waals surface area contributed by atoms with Gasteiger partial charge < -0.3 is 4.42 Å². The van der Waals surface area contributed by atoms with Gasteiger partial charge in [-0.05, 0) is 30.3 Å². The molecule has 2 aromatic heterocycles. The molecule has 0 saturated heterocycles. The highest BCUT2D eigenvalue weighted by atomic mass is 35.5. The number of furan rings is 1. The van der Waals surface area contributed by atoms with Crippen molar-refractivity contribution in [3.8, 4) is 0 Å². The van der Waals surface area contributed by atoms with E-state index in [-0.39, 0.29) is 11.5 Å². The van der Waals surface area contributed by atoms with Crippen molar-refractivity contribution in [3.63, 3.8) is 0 Å². The van der Waals surface area contributed by atoms with Crippen LogP contribution in [0.4, 0.5) is 0 Å². The molecule has 0 saturated carbocycles. The van der Waals surface area contributed by atoms with Gasteiger partial charge >= 0.3 is 0 Å². The highest BCUT2D eigenvalue weighted by molar-refractivity contribution is 7.18. The maximum atomic E-state index is 12.2. The molecule has 0 amide bonds. The molecule has 1 aromatic carbocycles. The molecule has 0 N–H and O–H groups in total. The monoisotopic (exact) mass is 330 g/mol. The van der Waals surface area contributed by atoms with Gasteiger partial charge in [0.2, 0.25) is 5.78 Å². The van der Waals surface area contributed by atoms with Crippen molar-refractivity contribution < 1.29 is 9.21 Å². The number of benzene rings is 1. The van der Waals surface area contributed by atoms with Crippen LogP contribution < -0.4 is 0 Å². The summed E-state index contributed by atoms with van der Waals surface area (Å²) in [6, 6.07) is 8.24. The zero-order valence-corrected chi connectivity index (χ0v) is 12.3. The summed E-state index contributed by atoms with van der Waals surface area (Å²) < 4.78 is 6.06. The number of ketones is 1. The lowest BCUT2D eigenvalue weighted by Gasteiger charge is -1.93. The normalized spacial score (nSPS) is 11.1. The van der Waals surface area contributed by atoms with Crippen LogP contribution in [0.5, 0.6) is 0 Å². The molecule has 0 aliphatic carbocycles. The van der Waals surface area contributed by atoms with Gasteiger partial charge in [-0.3, -0.25) is 4.79 Å². The predicted octanol–water partition coefficient (Wildman–Crippen LogP) is 5.69. The Balaban J connectivity index is 2.11. The van der Waals surface area contributed by atoms with Crippen molar-refractivity contribution >= 4 is 62.9 Å². The van der Waals surface area contributed by atoms with Gasteiger partial charge in [0.15, 0.2) is 11.3 Å². The lowest BCUT2D eigenvalue weighted by Crippen LogP contribution is -1.95. The highest BCUT2D eigenvalue weighted by Crippen LogP contribution is 2.32. The average molecular weight is 332 g/mol. The van der Waals surface area contributed by atoms with E-state index in [1.807, 2.05) is 0 Å². The van der Waals surface area contributed by atoms with Crippen LogP contribution in [0, 0.1) is 0 Å². The van der Waals surface area contributed by atoms with Crippen LogP contribution in [-0.2, 0) is 0 Å².